The number of nitrogens with one attached hydrogen (secondary N) is 2. The van der Waals surface area contributed by atoms with Crippen LogP contribution in [0.25, 0.3) is 0 Å². The van der Waals surface area contributed by atoms with Crippen LogP contribution in [0, 0.1) is 0 Å². The van der Waals surface area contributed by atoms with Gasteiger partial charge in [-0.25, -0.2) is 9.59 Å². The molecule has 3 N–H and O–H groups in total. The summed E-state index contributed by atoms with van der Waals surface area (Å²) in [6.07, 6.45) is 2.76. The molecule has 21 heavy (non-hydrogen) atoms. The molecule has 0 spiro atoms. The summed E-state index contributed by atoms with van der Waals surface area (Å²) in [5, 5.41) is 17.5. The number of aryl methyl sites for hydroxylation is 1. The van der Waals surface area contributed by atoms with E-state index in [1.54, 1.807) is 7.05 Å². The van der Waals surface area contributed by atoms with Gasteiger partial charge in [0.05, 0.1) is 12.7 Å². The molecule has 1 fully saturated rings. The van der Waals surface area contributed by atoms with Gasteiger partial charge in [-0.2, -0.15) is 5.10 Å². The maximum absolute atomic E-state index is 11.8. The summed E-state index contributed by atoms with van der Waals surface area (Å²) in [5.41, 5.74) is 0.288. The topological polar surface area (TPSA) is 134 Å². The number of imide groups is 1. The van der Waals surface area contributed by atoms with Gasteiger partial charge in [-0.3, -0.25) is 19.2 Å². The Morgan fingerprint density at radius 3 is 2.71 bits per heavy atom. The van der Waals surface area contributed by atoms with Crippen molar-refractivity contribution in [2.24, 2.45) is 7.05 Å². The Bertz CT molecular complexity index is 594. The summed E-state index contributed by atoms with van der Waals surface area (Å²) in [7, 11) is 1.61. The molecule has 1 unspecified atom stereocenters. The van der Waals surface area contributed by atoms with E-state index in [-0.39, 0.29) is 12.1 Å². The van der Waals surface area contributed by atoms with Crippen LogP contribution in [0.1, 0.15) is 11.6 Å². The Morgan fingerprint density at radius 1 is 1.52 bits per heavy atom. The van der Waals surface area contributed by atoms with Crippen LogP contribution < -0.4 is 10.6 Å². The summed E-state index contributed by atoms with van der Waals surface area (Å²) in [6, 6.07) is -1.98. The maximum Gasteiger partial charge on any atom is 0.331 e. The molecule has 10 heteroatoms. The number of aromatic nitrogens is 2. The van der Waals surface area contributed by atoms with E-state index in [0.717, 1.165) is 4.90 Å². The van der Waals surface area contributed by atoms with Gasteiger partial charge in [-0.05, 0) is 0 Å². The number of hydrogen-bond donors (Lipinski definition) is 3. The SMILES string of the molecule is Cn1cc(C(NC(=O)CN2C(=O)CNC2=O)C(=O)O)cn1. The van der Waals surface area contributed by atoms with Crippen LogP contribution in [0.15, 0.2) is 12.4 Å². The Balaban J connectivity index is 2.04. The number of aliphatic carboxylic acids is 1. The highest BCUT2D eigenvalue weighted by molar-refractivity contribution is 6.04. The fourth-order valence-corrected chi connectivity index (χ4v) is 1.84. The number of rotatable bonds is 5. The first kappa shape index (κ1) is 14.5. The fraction of sp³-hybridized carbons (Fsp3) is 0.364. The fourth-order valence-electron chi connectivity index (χ4n) is 1.84. The number of carbonyl (C=O) groups excluding carboxylic acids is 3. The Labute approximate surface area is 118 Å². The minimum absolute atomic E-state index is 0.170. The highest BCUT2D eigenvalue weighted by atomic mass is 16.4. The first-order chi connectivity index (χ1) is 9.88. The van der Waals surface area contributed by atoms with E-state index in [0.29, 0.717) is 0 Å². The number of hydrogen-bond acceptors (Lipinski definition) is 5. The Kier molecular flexibility index (Phi) is 3.87. The molecule has 2 rings (SSSR count). The lowest BCUT2D eigenvalue weighted by molar-refractivity contribution is -0.142. The third-order valence-electron chi connectivity index (χ3n) is 2.85. The van der Waals surface area contributed by atoms with Crippen LogP contribution in [0.5, 0.6) is 0 Å². The van der Waals surface area contributed by atoms with Crippen molar-refractivity contribution in [3.8, 4) is 0 Å². The van der Waals surface area contributed by atoms with E-state index in [2.05, 4.69) is 15.7 Å². The molecule has 1 atom stereocenters. The van der Waals surface area contributed by atoms with Gasteiger partial charge in [0.1, 0.15) is 6.54 Å². The molecule has 1 aromatic heterocycles. The first-order valence-corrected chi connectivity index (χ1v) is 5.97. The van der Waals surface area contributed by atoms with E-state index < -0.39 is 36.4 Å². The molecule has 4 amide bonds. The van der Waals surface area contributed by atoms with Crippen molar-refractivity contribution in [1.82, 2.24) is 25.3 Å². The van der Waals surface area contributed by atoms with Crippen molar-refractivity contribution >= 4 is 23.8 Å². The first-order valence-electron chi connectivity index (χ1n) is 5.97. The van der Waals surface area contributed by atoms with E-state index in [4.69, 9.17) is 5.11 Å². The Morgan fingerprint density at radius 2 is 2.24 bits per heavy atom. The molecule has 2 heterocycles. The van der Waals surface area contributed by atoms with Gasteiger partial charge < -0.3 is 15.7 Å². The van der Waals surface area contributed by atoms with Gasteiger partial charge in [-0.15, -0.1) is 0 Å². The molecule has 0 saturated carbocycles. The average molecular weight is 295 g/mol. The molecule has 1 aromatic rings. The molecule has 112 valence electrons. The maximum atomic E-state index is 11.8. The monoisotopic (exact) mass is 295 g/mol. The largest absolute Gasteiger partial charge is 0.479 e. The molecule has 0 bridgehead atoms. The summed E-state index contributed by atoms with van der Waals surface area (Å²) in [6.45, 7) is -0.703. The summed E-state index contributed by atoms with van der Waals surface area (Å²) >= 11 is 0. The van der Waals surface area contributed by atoms with Crippen LogP contribution in [0.3, 0.4) is 0 Å². The zero-order chi connectivity index (χ0) is 15.6. The van der Waals surface area contributed by atoms with Gasteiger partial charge in [-0.1, -0.05) is 0 Å². The van der Waals surface area contributed by atoms with E-state index in [1.807, 2.05) is 0 Å². The van der Waals surface area contributed by atoms with Gasteiger partial charge >= 0.3 is 12.0 Å². The third kappa shape index (κ3) is 3.16. The smallest absolute Gasteiger partial charge is 0.331 e. The van der Waals surface area contributed by atoms with Gasteiger partial charge in [0.25, 0.3) is 5.91 Å². The third-order valence-corrected chi connectivity index (χ3v) is 2.85. The highest BCUT2D eigenvalue weighted by Crippen LogP contribution is 2.12. The zero-order valence-corrected chi connectivity index (χ0v) is 11.1. The standard InChI is InChI=1S/C11H13N5O5/c1-15-4-6(2-13-15)9(10(19)20)14-7(17)5-16-8(18)3-12-11(16)21/h2,4,9H,3,5H2,1H3,(H,12,21)(H,14,17)(H,19,20). The number of amides is 4. The molecule has 0 radical (unpaired) electrons. The predicted molar refractivity (Wildman–Crippen MR) is 66.8 cm³/mol. The lowest BCUT2D eigenvalue weighted by atomic mass is 10.1. The van der Waals surface area contributed by atoms with Crippen molar-refractivity contribution in [3.05, 3.63) is 18.0 Å². The quantitative estimate of drug-likeness (QED) is 0.549. The second-order valence-electron chi connectivity index (χ2n) is 4.42. The summed E-state index contributed by atoms with van der Waals surface area (Å²) in [4.78, 5) is 46.4. The van der Waals surface area contributed by atoms with Crippen molar-refractivity contribution in [2.75, 3.05) is 13.1 Å². The molecular weight excluding hydrogens is 282 g/mol. The zero-order valence-electron chi connectivity index (χ0n) is 11.1. The Hall–Kier alpha value is -2.91. The number of carbonyl (C=O) groups is 4. The van der Waals surface area contributed by atoms with Crippen LogP contribution >= 0.6 is 0 Å². The summed E-state index contributed by atoms with van der Waals surface area (Å²) in [5.74, 6) is -2.56. The van der Waals surface area contributed by atoms with Crippen molar-refractivity contribution in [3.63, 3.8) is 0 Å². The van der Waals surface area contributed by atoms with E-state index >= 15 is 0 Å². The minimum Gasteiger partial charge on any atom is -0.479 e. The number of carboxylic acid groups (broad SMARTS) is 1. The van der Waals surface area contributed by atoms with Crippen LogP contribution in [-0.4, -0.2) is 56.7 Å². The van der Waals surface area contributed by atoms with E-state index in [9.17, 15) is 19.2 Å². The second-order valence-corrected chi connectivity index (χ2v) is 4.42. The van der Waals surface area contributed by atoms with Crippen molar-refractivity contribution < 1.29 is 24.3 Å². The molecule has 0 aliphatic carbocycles. The highest BCUT2D eigenvalue weighted by Gasteiger charge is 2.32. The molecule has 1 saturated heterocycles. The van der Waals surface area contributed by atoms with E-state index in [1.165, 1.54) is 17.1 Å². The van der Waals surface area contributed by atoms with Gasteiger partial charge in [0, 0.05) is 18.8 Å². The molecular formula is C11H13N5O5. The van der Waals surface area contributed by atoms with Crippen molar-refractivity contribution in [1.29, 1.82) is 0 Å². The lowest BCUT2D eigenvalue weighted by Gasteiger charge is -2.16. The molecule has 0 aromatic carbocycles. The lowest BCUT2D eigenvalue weighted by Crippen LogP contribution is -2.43. The van der Waals surface area contributed by atoms with Crippen molar-refractivity contribution in [2.45, 2.75) is 6.04 Å². The van der Waals surface area contributed by atoms with Crippen LogP contribution in [0.4, 0.5) is 4.79 Å². The molecule has 1 aliphatic heterocycles. The van der Waals surface area contributed by atoms with Crippen LogP contribution in [0.2, 0.25) is 0 Å². The second kappa shape index (κ2) is 5.61. The predicted octanol–water partition coefficient (Wildman–Crippen LogP) is -1.79. The van der Waals surface area contributed by atoms with Crippen LogP contribution in [-0.2, 0) is 21.4 Å². The van der Waals surface area contributed by atoms with Gasteiger partial charge in [0.2, 0.25) is 5.91 Å². The molecule has 1 aliphatic rings. The summed E-state index contributed by atoms with van der Waals surface area (Å²) < 4.78 is 1.40. The number of carboxylic acids is 1. The minimum atomic E-state index is -1.30. The van der Waals surface area contributed by atoms with Gasteiger partial charge in [0.15, 0.2) is 6.04 Å². The average Bonchev–Trinajstić information content (AvgIpc) is 2.96. The number of nitrogens with zero attached hydrogens (tertiary/aromatic N) is 3. The normalized spacial score (nSPS) is 15.8. The number of urea groups is 1. The molecule has 10 nitrogen and oxygen atoms in total.